The monoisotopic (exact) mass is 944 g/mol. The van der Waals surface area contributed by atoms with Gasteiger partial charge in [0.1, 0.15) is 0 Å². The maximum absolute atomic E-state index is 2.72. The fourth-order valence-electron chi connectivity index (χ4n) is 13.4. The number of para-hydroxylation sites is 1. The summed E-state index contributed by atoms with van der Waals surface area (Å²) in [6.07, 6.45) is 2.34. The molecule has 0 fully saturated rings. The molecule has 4 aliphatic rings. The molecule has 4 heteroatoms. The molecule has 3 nitrogen and oxygen atoms in total. The van der Waals surface area contributed by atoms with Gasteiger partial charge >= 0.3 is 0 Å². The summed E-state index contributed by atoms with van der Waals surface area (Å²) in [5.41, 5.74) is 27.7. The summed E-state index contributed by atoms with van der Waals surface area (Å²) < 4.78 is 2.72. The second-order valence-corrected chi connectivity index (χ2v) is 27.0. The Bertz CT molecular complexity index is 3500. The Labute approximate surface area is 431 Å². The minimum absolute atomic E-state index is 0.0211. The van der Waals surface area contributed by atoms with Gasteiger partial charge in [-0.25, -0.2) is 0 Å². The molecule has 72 heavy (non-hydrogen) atoms. The highest BCUT2D eigenvalue weighted by atomic mass is 15.2. The van der Waals surface area contributed by atoms with Crippen molar-refractivity contribution in [1.82, 2.24) is 4.57 Å². The summed E-state index contributed by atoms with van der Waals surface area (Å²) in [5.74, 6) is 0. The zero-order valence-electron chi connectivity index (χ0n) is 46.0. The number of fused-ring (bicyclic) bond motifs is 10. The Morgan fingerprint density at radius 1 is 0.486 bits per heavy atom. The predicted octanol–water partition coefficient (Wildman–Crippen LogP) is 16.6. The molecule has 0 spiro atoms. The van der Waals surface area contributed by atoms with Gasteiger partial charge in [-0.3, -0.25) is 0 Å². The smallest absolute Gasteiger partial charge is 0.252 e. The summed E-state index contributed by atoms with van der Waals surface area (Å²) in [6, 6.07) is 53.0. The van der Waals surface area contributed by atoms with Crippen LogP contribution in [0.25, 0.3) is 27.8 Å². The number of aromatic nitrogens is 1. The molecule has 3 heterocycles. The standard InChI is InChI=1S/C68H74BN3/c1-41-36-51-52(67(13,14)35-34-66(51,11)12)40-55(41)71-56-37-44(65(8,9)10)28-33-53(56)69-54-23-19-21-49-59-62(48-20-17-18-22-50(48)68(59,15)16)72(61(49)54)58-39-47(38-57(71)60(58)69)70(45-29-24-42(25-30-45)63(2,3)4)46-31-26-43(27-32-46)64(5,6)7/h17-33,36-40H,34-35H2,1-16H3. The summed E-state index contributed by atoms with van der Waals surface area (Å²) in [5, 5.41) is 1.36. The first-order valence-corrected chi connectivity index (χ1v) is 26.8. The first kappa shape index (κ1) is 46.8. The van der Waals surface area contributed by atoms with E-state index in [0.29, 0.717) is 0 Å². The molecule has 364 valence electrons. The van der Waals surface area contributed by atoms with E-state index < -0.39 is 0 Å². The molecule has 0 saturated heterocycles. The first-order chi connectivity index (χ1) is 33.8. The molecule has 0 bridgehead atoms. The van der Waals surface area contributed by atoms with Crippen LogP contribution < -0.4 is 26.2 Å². The van der Waals surface area contributed by atoms with Gasteiger partial charge in [-0.2, -0.15) is 0 Å². The molecule has 2 aliphatic heterocycles. The Hall–Kier alpha value is -6.26. The van der Waals surface area contributed by atoms with Gasteiger partial charge in [0.15, 0.2) is 0 Å². The van der Waals surface area contributed by atoms with Crippen LogP contribution in [0.4, 0.5) is 34.1 Å². The summed E-state index contributed by atoms with van der Waals surface area (Å²) in [6.45, 7) is 38.1. The molecule has 0 atom stereocenters. The Morgan fingerprint density at radius 3 is 1.64 bits per heavy atom. The van der Waals surface area contributed by atoms with E-state index in [1.165, 1.54) is 112 Å². The van der Waals surface area contributed by atoms with Crippen LogP contribution in [0.1, 0.15) is 161 Å². The van der Waals surface area contributed by atoms with E-state index in [2.05, 4.69) is 259 Å². The van der Waals surface area contributed by atoms with Crippen molar-refractivity contribution in [2.24, 2.45) is 0 Å². The lowest BCUT2D eigenvalue weighted by Gasteiger charge is -2.45. The van der Waals surface area contributed by atoms with E-state index in [-0.39, 0.29) is 39.2 Å². The zero-order valence-corrected chi connectivity index (χ0v) is 46.0. The summed E-state index contributed by atoms with van der Waals surface area (Å²) in [4.78, 5) is 5.25. The lowest BCUT2D eigenvalue weighted by atomic mass is 9.33. The van der Waals surface area contributed by atoms with Crippen LogP contribution in [0.3, 0.4) is 0 Å². The molecular weight excluding hydrogens is 870 g/mol. The number of nitrogens with zero attached hydrogens (tertiary/aromatic N) is 3. The quantitative estimate of drug-likeness (QED) is 0.163. The van der Waals surface area contributed by atoms with Crippen LogP contribution >= 0.6 is 0 Å². The van der Waals surface area contributed by atoms with E-state index >= 15 is 0 Å². The maximum atomic E-state index is 2.72. The molecule has 2 aliphatic carbocycles. The molecule has 0 radical (unpaired) electrons. The predicted molar refractivity (Wildman–Crippen MR) is 311 cm³/mol. The first-order valence-electron chi connectivity index (χ1n) is 26.8. The number of anilines is 6. The van der Waals surface area contributed by atoms with Crippen LogP contribution in [-0.4, -0.2) is 11.3 Å². The van der Waals surface area contributed by atoms with Gasteiger partial charge in [-0.15, -0.1) is 0 Å². The molecule has 0 saturated carbocycles. The second kappa shape index (κ2) is 15.2. The number of hydrogen-bond donors (Lipinski definition) is 0. The van der Waals surface area contributed by atoms with Crippen molar-refractivity contribution in [3.05, 3.63) is 178 Å². The van der Waals surface area contributed by atoms with Crippen molar-refractivity contribution in [1.29, 1.82) is 0 Å². The molecule has 12 rings (SSSR count). The maximum Gasteiger partial charge on any atom is 0.252 e. The van der Waals surface area contributed by atoms with E-state index in [9.17, 15) is 0 Å². The molecule has 0 unspecified atom stereocenters. The minimum Gasteiger partial charge on any atom is -0.311 e. The number of benzene rings is 7. The average molecular weight is 944 g/mol. The number of hydrogen-bond acceptors (Lipinski definition) is 2. The minimum atomic E-state index is -0.184. The van der Waals surface area contributed by atoms with Gasteiger partial charge in [-0.1, -0.05) is 189 Å². The van der Waals surface area contributed by atoms with Crippen molar-refractivity contribution in [3.8, 4) is 16.9 Å². The van der Waals surface area contributed by atoms with E-state index in [4.69, 9.17) is 0 Å². The molecule has 0 amide bonds. The van der Waals surface area contributed by atoms with Crippen molar-refractivity contribution in [3.63, 3.8) is 0 Å². The highest BCUT2D eigenvalue weighted by molar-refractivity contribution is 7.00. The second-order valence-electron chi connectivity index (χ2n) is 27.0. The van der Waals surface area contributed by atoms with Crippen molar-refractivity contribution in [2.75, 3.05) is 9.80 Å². The fraction of sp³-hybridized carbons (Fsp3) is 0.353. The van der Waals surface area contributed by atoms with E-state index in [0.717, 1.165) is 23.5 Å². The Morgan fingerprint density at radius 2 is 1.04 bits per heavy atom. The summed E-state index contributed by atoms with van der Waals surface area (Å²) >= 11 is 0. The van der Waals surface area contributed by atoms with Crippen molar-refractivity contribution in [2.45, 2.75) is 156 Å². The molecule has 8 aromatic rings. The largest absolute Gasteiger partial charge is 0.311 e. The van der Waals surface area contributed by atoms with Crippen LogP contribution in [-0.2, 0) is 32.5 Å². The molecule has 7 aromatic carbocycles. The average Bonchev–Trinajstić information content (AvgIpc) is 3.79. The normalized spacial score (nSPS) is 16.8. The van der Waals surface area contributed by atoms with Crippen LogP contribution in [0, 0.1) is 6.92 Å². The van der Waals surface area contributed by atoms with Crippen molar-refractivity contribution >= 4 is 68.1 Å². The van der Waals surface area contributed by atoms with Gasteiger partial charge in [0.25, 0.3) is 6.71 Å². The topological polar surface area (TPSA) is 11.4 Å². The third kappa shape index (κ3) is 6.76. The van der Waals surface area contributed by atoms with Gasteiger partial charge < -0.3 is 14.4 Å². The SMILES string of the molecule is Cc1cc2c(cc1N1c3cc(C(C)(C)C)ccc3B3c4c1cc(N(c1ccc(C(C)(C)C)cc1)c1ccc(C(C)(C)C)cc1)cc4-n1c4c(c5cccc3c51)C(C)(C)c1ccccc1-4)C(C)(C)CCC2(C)C. The Balaban J connectivity index is 1.25. The highest BCUT2D eigenvalue weighted by Crippen LogP contribution is 2.56. The van der Waals surface area contributed by atoms with Gasteiger partial charge in [0.05, 0.1) is 11.4 Å². The van der Waals surface area contributed by atoms with E-state index in [1.807, 2.05) is 0 Å². The summed E-state index contributed by atoms with van der Waals surface area (Å²) in [7, 11) is 0. The van der Waals surface area contributed by atoms with Gasteiger partial charge in [0.2, 0.25) is 0 Å². The van der Waals surface area contributed by atoms with E-state index in [1.54, 1.807) is 0 Å². The third-order valence-corrected chi connectivity index (χ3v) is 17.8. The number of aryl methyl sites for hydroxylation is 1. The van der Waals surface area contributed by atoms with Crippen LogP contribution in [0.2, 0.25) is 0 Å². The molecule has 0 N–H and O–H groups in total. The van der Waals surface area contributed by atoms with Gasteiger partial charge in [0, 0.05) is 56.0 Å². The Kier molecular flexibility index (Phi) is 9.85. The lowest BCUT2D eigenvalue weighted by Crippen LogP contribution is -2.60. The molecular formula is C68H74BN3. The third-order valence-electron chi connectivity index (χ3n) is 17.8. The van der Waals surface area contributed by atoms with Crippen molar-refractivity contribution < 1.29 is 0 Å². The van der Waals surface area contributed by atoms with Crippen LogP contribution in [0.5, 0.6) is 0 Å². The lowest BCUT2D eigenvalue weighted by molar-refractivity contribution is 0.332. The molecule has 1 aromatic heterocycles. The number of rotatable bonds is 4. The van der Waals surface area contributed by atoms with Crippen LogP contribution in [0.15, 0.2) is 133 Å². The fourth-order valence-corrected chi connectivity index (χ4v) is 13.4. The zero-order chi connectivity index (χ0) is 51.0. The highest BCUT2D eigenvalue weighted by Gasteiger charge is 2.48. The van der Waals surface area contributed by atoms with Gasteiger partial charge in [-0.05, 0) is 156 Å².